The molecule has 0 saturated carbocycles. The van der Waals surface area contributed by atoms with Crippen molar-refractivity contribution < 1.29 is 8.42 Å². The van der Waals surface area contributed by atoms with Gasteiger partial charge in [-0.15, -0.1) is 0 Å². The molecule has 0 aromatic heterocycles. The lowest BCUT2D eigenvalue weighted by molar-refractivity contribution is 0.480. The Hall–Kier alpha value is -0.660. The van der Waals surface area contributed by atoms with Crippen molar-refractivity contribution >= 4 is 16.0 Å². The van der Waals surface area contributed by atoms with Gasteiger partial charge < -0.3 is 5.73 Å². The maximum atomic E-state index is 11.3. The second kappa shape index (κ2) is 3.60. The predicted molar refractivity (Wildman–Crippen MR) is 51.7 cm³/mol. The van der Waals surface area contributed by atoms with Gasteiger partial charge in [-0.3, -0.25) is 5.41 Å². The summed E-state index contributed by atoms with van der Waals surface area (Å²) in [7, 11) is -0.736. The first-order valence-electron chi connectivity index (χ1n) is 3.65. The Kier molecular flexibility index (Phi) is 3.42. The molecule has 0 aromatic carbocycles. The quantitative estimate of drug-likeness (QED) is 0.412. The molecule has 78 valence electrons. The minimum absolute atomic E-state index is 0.224. The lowest BCUT2D eigenvalue weighted by atomic mass is 10.1. The predicted octanol–water partition coefficient (Wildman–Crippen LogP) is -0.903. The fourth-order valence-corrected chi connectivity index (χ4v) is 1.41. The van der Waals surface area contributed by atoms with Gasteiger partial charge in [-0.05, 0) is 13.8 Å². The zero-order valence-electron chi connectivity index (χ0n) is 8.25. The Labute approximate surface area is 78.8 Å². The highest BCUT2D eigenvalue weighted by Crippen LogP contribution is 2.04. The number of amidine groups is 1. The van der Waals surface area contributed by atoms with Crippen LogP contribution < -0.4 is 10.5 Å². The van der Waals surface area contributed by atoms with E-state index in [0.29, 0.717) is 0 Å². The van der Waals surface area contributed by atoms with E-state index >= 15 is 0 Å². The number of hydrogen-bond acceptors (Lipinski definition) is 3. The molecular weight excluding hydrogens is 192 g/mol. The smallest absolute Gasteiger partial charge is 0.279 e. The first-order valence-corrected chi connectivity index (χ1v) is 5.09. The first kappa shape index (κ1) is 12.3. The van der Waals surface area contributed by atoms with Crippen LogP contribution in [0.2, 0.25) is 0 Å². The summed E-state index contributed by atoms with van der Waals surface area (Å²) in [5.74, 6) is -0.224. The minimum atomic E-state index is -3.54. The van der Waals surface area contributed by atoms with E-state index in [1.807, 2.05) is 0 Å². The summed E-state index contributed by atoms with van der Waals surface area (Å²) in [6.07, 6.45) is 0. The molecule has 0 aliphatic heterocycles. The highest BCUT2D eigenvalue weighted by Gasteiger charge is 2.28. The average Bonchev–Trinajstić information content (AvgIpc) is 1.83. The summed E-state index contributed by atoms with van der Waals surface area (Å²) >= 11 is 0. The molecule has 0 heterocycles. The molecule has 0 aliphatic carbocycles. The van der Waals surface area contributed by atoms with Crippen LogP contribution in [0.25, 0.3) is 0 Å². The van der Waals surface area contributed by atoms with Crippen LogP contribution in [0.3, 0.4) is 0 Å². The third-order valence-corrected chi connectivity index (χ3v) is 3.27. The Bertz CT molecular complexity index is 294. The Morgan fingerprint density at radius 2 is 1.85 bits per heavy atom. The van der Waals surface area contributed by atoms with Crippen LogP contribution in [0.5, 0.6) is 0 Å². The summed E-state index contributed by atoms with van der Waals surface area (Å²) in [5, 5.41) is 7.15. The number of nitrogens with two attached hydrogens (primary N) is 1. The van der Waals surface area contributed by atoms with Crippen molar-refractivity contribution in [3.8, 4) is 0 Å². The standard InChI is InChI=1S/C6H16N4O2S/c1-6(2,5(7)8)9-13(11,12)10(3)4/h9H,1-4H3,(H3,7,8). The fourth-order valence-electron chi connectivity index (χ4n) is 0.469. The largest absolute Gasteiger partial charge is 0.386 e. The summed E-state index contributed by atoms with van der Waals surface area (Å²) in [6, 6.07) is 0. The van der Waals surface area contributed by atoms with E-state index in [-0.39, 0.29) is 5.84 Å². The van der Waals surface area contributed by atoms with Gasteiger partial charge in [0, 0.05) is 14.1 Å². The molecule has 0 amide bonds. The van der Waals surface area contributed by atoms with E-state index in [4.69, 9.17) is 11.1 Å². The molecule has 7 heteroatoms. The van der Waals surface area contributed by atoms with E-state index in [1.165, 1.54) is 27.9 Å². The Morgan fingerprint density at radius 1 is 1.46 bits per heavy atom. The van der Waals surface area contributed by atoms with Crippen LogP contribution in [-0.4, -0.2) is 38.2 Å². The Morgan fingerprint density at radius 3 is 2.08 bits per heavy atom. The summed E-state index contributed by atoms with van der Waals surface area (Å²) in [6.45, 7) is 3.05. The van der Waals surface area contributed by atoms with Crippen molar-refractivity contribution in [2.45, 2.75) is 19.4 Å². The lowest BCUT2D eigenvalue weighted by Gasteiger charge is -2.26. The lowest BCUT2D eigenvalue weighted by Crippen LogP contribution is -2.55. The summed E-state index contributed by atoms with van der Waals surface area (Å²) < 4.78 is 25.9. The molecule has 0 saturated heterocycles. The van der Waals surface area contributed by atoms with E-state index in [1.54, 1.807) is 0 Å². The zero-order chi connectivity index (χ0) is 10.9. The molecule has 0 fully saturated rings. The fraction of sp³-hybridized carbons (Fsp3) is 0.833. The second-order valence-corrected chi connectivity index (χ2v) is 5.31. The first-order chi connectivity index (χ1) is 5.59. The number of hydrogen-bond donors (Lipinski definition) is 3. The average molecular weight is 208 g/mol. The molecular formula is C6H16N4O2S. The van der Waals surface area contributed by atoms with Crippen LogP contribution in [0.1, 0.15) is 13.8 Å². The molecule has 4 N–H and O–H groups in total. The third-order valence-electron chi connectivity index (χ3n) is 1.54. The van der Waals surface area contributed by atoms with E-state index < -0.39 is 15.7 Å². The van der Waals surface area contributed by atoms with Crippen LogP contribution in [0.15, 0.2) is 0 Å². The summed E-state index contributed by atoms with van der Waals surface area (Å²) in [5.41, 5.74) is 4.16. The van der Waals surface area contributed by atoms with E-state index in [2.05, 4.69) is 4.72 Å². The topological polar surface area (TPSA) is 99.3 Å². The molecule has 0 atom stereocenters. The van der Waals surface area contributed by atoms with Gasteiger partial charge in [-0.1, -0.05) is 0 Å². The molecule has 0 unspecified atom stereocenters. The van der Waals surface area contributed by atoms with Gasteiger partial charge in [-0.25, -0.2) is 0 Å². The second-order valence-electron chi connectivity index (χ2n) is 3.43. The zero-order valence-corrected chi connectivity index (χ0v) is 9.07. The minimum Gasteiger partial charge on any atom is -0.386 e. The van der Waals surface area contributed by atoms with Gasteiger partial charge in [0.2, 0.25) is 0 Å². The van der Waals surface area contributed by atoms with Crippen LogP contribution in [0.4, 0.5) is 0 Å². The summed E-state index contributed by atoms with van der Waals surface area (Å²) in [4.78, 5) is 0. The van der Waals surface area contributed by atoms with Gasteiger partial charge in [0.15, 0.2) is 0 Å². The van der Waals surface area contributed by atoms with E-state index in [9.17, 15) is 8.42 Å². The molecule has 0 aromatic rings. The van der Waals surface area contributed by atoms with Gasteiger partial charge in [0.1, 0.15) is 5.84 Å². The maximum absolute atomic E-state index is 11.3. The molecule has 0 rings (SSSR count). The van der Waals surface area contributed by atoms with Crippen LogP contribution in [-0.2, 0) is 10.2 Å². The normalized spacial score (nSPS) is 13.3. The Balaban J connectivity index is 4.73. The SMILES string of the molecule is CN(C)S(=O)(=O)NC(C)(C)C(=N)N. The molecule has 0 radical (unpaired) electrons. The third kappa shape index (κ3) is 3.29. The van der Waals surface area contributed by atoms with Gasteiger partial charge in [-0.2, -0.15) is 17.4 Å². The molecule has 0 aliphatic rings. The van der Waals surface area contributed by atoms with Crippen molar-refractivity contribution in [2.75, 3.05) is 14.1 Å². The van der Waals surface area contributed by atoms with Crippen LogP contribution >= 0.6 is 0 Å². The van der Waals surface area contributed by atoms with Gasteiger partial charge >= 0.3 is 0 Å². The molecule has 6 nitrogen and oxygen atoms in total. The molecule has 0 spiro atoms. The highest BCUT2D eigenvalue weighted by molar-refractivity contribution is 7.87. The monoisotopic (exact) mass is 208 g/mol. The van der Waals surface area contributed by atoms with Crippen molar-refractivity contribution in [1.29, 1.82) is 5.41 Å². The van der Waals surface area contributed by atoms with Gasteiger partial charge in [0.25, 0.3) is 10.2 Å². The molecule has 13 heavy (non-hydrogen) atoms. The number of nitrogens with one attached hydrogen (secondary N) is 2. The van der Waals surface area contributed by atoms with Crippen molar-refractivity contribution in [1.82, 2.24) is 9.03 Å². The highest BCUT2D eigenvalue weighted by atomic mass is 32.2. The van der Waals surface area contributed by atoms with Crippen molar-refractivity contribution in [3.63, 3.8) is 0 Å². The van der Waals surface area contributed by atoms with Crippen LogP contribution in [0, 0.1) is 5.41 Å². The van der Waals surface area contributed by atoms with E-state index in [0.717, 1.165) is 4.31 Å². The van der Waals surface area contributed by atoms with Crippen molar-refractivity contribution in [3.05, 3.63) is 0 Å². The molecule has 0 bridgehead atoms. The van der Waals surface area contributed by atoms with Gasteiger partial charge in [0.05, 0.1) is 5.54 Å². The number of nitrogens with zero attached hydrogens (tertiary/aromatic N) is 1. The number of rotatable bonds is 4. The maximum Gasteiger partial charge on any atom is 0.279 e. The van der Waals surface area contributed by atoms with Crippen molar-refractivity contribution in [2.24, 2.45) is 5.73 Å².